The Balaban J connectivity index is 2.95. The number of hydrogen-bond donors (Lipinski definition) is 1. The van der Waals surface area contributed by atoms with Crippen molar-refractivity contribution in [2.45, 2.75) is 0 Å². The molecule has 2 rings (SSSR count). The first-order valence-corrected chi connectivity index (χ1v) is 5.10. The normalized spacial score (nSPS) is 10.6. The Morgan fingerprint density at radius 1 is 1.38 bits per heavy atom. The van der Waals surface area contributed by atoms with Crippen LogP contribution in [0.1, 0.15) is 0 Å². The molecule has 0 saturated carbocycles. The number of hydrogen-bond acceptors (Lipinski definition) is 1. The van der Waals surface area contributed by atoms with Crippen molar-refractivity contribution >= 4 is 45.1 Å². The molecule has 66 valence electrons. The number of aromatic nitrogens is 1. The van der Waals surface area contributed by atoms with E-state index in [0.29, 0.717) is 14.0 Å². The van der Waals surface area contributed by atoms with Crippen LogP contribution in [-0.2, 0) is 0 Å². The maximum atomic E-state index is 11.6. The lowest BCUT2D eigenvalue weighted by molar-refractivity contribution is 1.36. The second-order valence-corrected chi connectivity index (χ2v) is 4.25. The van der Waals surface area contributed by atoms with E-state index in [-0.39, 0.29) is 5.43 Å². The molecule has 13 heavy (non-hydrogen) atoms. The number of H-pyrrole nitrogens is 1. The summed E-state index contributed by atoms with van der Waals surface area (Å²) in [5, 5.41) is 1.31. The quantitative estimate of drug-likeness (QED) is 0.746. The summed E-state index contributed by atoms with van der Waals surface area (Å²) in [5.41, 5.74) is 0.823. The lowest BCUT2D eigenvalue weighted by Gasteiger charge is -1.98. The first-order chi connectivity index (χ1) is 6.18. The number of aromatic amines is 1. The van der Waals surface area contributed by atoms with Crippen LogP contribution in [0.4, 0.5) is 0 Å². The third-order valence-corrected chi connectivity index (χ3v) is 2.83. The van der Waals surface area contributed by atoms with E-state index in [2.05, 4.69) is 4.98 Å². The third kappa shape index (κ3) is 1.58. The molecule has 0 spiro atoms. The highest BCUT2D eigenvalue weighted by molar-refractivity contribution is 14.1. The zero-order valence-corrected chi connectivity index (χ0v) is 9.39. The van der Waals surface area contributed by atoms with Gasteiger partial charge in [0, 0.05) is 16.6 Å². The zero-order chi connectivity index (χ0) is 9.42. The van der Waals surface area contributed by atoms with Crippen LogP contribution in [0.25, 0.3) is 10.9 Å². The SMILES string of the molecule is O=c1c(I)c[nH]c2cc(Cl)ccc12. The minimum Gasteiger partial charge on any atom is -0.360 e. The topological polar surface area (TPSA) is 32.9 Å². The summed E-state index contributed by atoms with van der Waals surface area (Å²) >= 11 is 7.79. The lowest BCUT2D eigenvalue weighted by atomic mass is 10.2. The van der Waals surface area contributed by atoms with Gasteiger partial charge in [-0.3, -0.25) is 4.79 Å². The van der Waals surface area contributed by atoms with Crippen LogP contribution in [0.5, 0.6) is 0 Å². The second kappa shape index (κ2) is 3.31. The van der Waals surface area contributed by atoms with E-state index in [9.17, 15) is 4.79 Å². The Kier molecular flexibility index (Phi) is 2.29. The molecule has 0 unspecified atom stereocenters. The molecule has 1 aromatic heterocycles. The molecule has 4 heteroatoms. The van der Waals surface area contributed by atoms with Crippen LogP contribution in [-0.4, -0.2) is 4.98 Å². The standard InChI is InChI=1S/C9H5ClINO/c10-5-1-2-6-8(3-5)12-4-7(11)9(6)13/h1-4H,(H,12,13). The number of pyridine rings is 1. The fourth-order valence-corrected chi connectivity index (χ4v) is 1.79. The Morgan fingerprint density at radius 2 is 2.15 bits per heavy atom. The molecule has 0 aliphatic rings. The van der Waals surface area contributed by atoms with E-state index in [1.54, 1.807) is 24.4 Å². The van der Waals surface area contributed by atoms with Crippen molar-refractivity contribution in [3.8, 4) is 0 Å². The maximum absolute atomic E-state index is 11.6. The van der Waals surface area contributed by atoms with Gasteiger partial charge in [-0.25, -0.2) is 0 Å². The molecule has 2 nitrogen and oxygen atoms in total. The molecule has 0 fully saturated rings. The number of benzene rings is 1. The third-order valence-electron chi connectivity index (χ3n) is 1.80. The predicted molar refractivity (Wildman–Crippen MR) is 62.3 cm³/mol. The highest BCUT2D eigenvalue weighted by Crippen LogP contribution is 2.15. The molecule has 0 amide bonds. The summed E-state index contributed by atoms with van der Waals surface area (Å²) in [6.07, 6.45) is 1.68. The molecule has 1 heterocycles. The monoisotopic (exact) mass is 305 g/mol. The molecular formula is C9H5ClINO. The van der Waals surface area contributed by atoms with Crippen LogP contribution in [0.2, 0.25) is 5.02 Å². The number of nitrogens with one attached hydrogen (secondary N) is 1. The minimum absolute atomic E-state index is 0.0472. The summed E-state index contributed by atoms with van der Waals surface area (Å²) in [6.45, 7) is 0. The van der Waals surface area contributed by atoms with Gasteiger partial charge < -0.3 is 4.98 Å². The van der Waals surface area contributed by atoms with Crippen LogP contribution in [0, 0.1) is 3.57 Å². The molecule has 2 aromatic rings. The molecule has 1 aromatic carbocycles. The van der Waals surface area contributed by atoms with Crippen LogP contribution < -0.4 is 5.43 Å². The average molecular weight is 306 g/mol. The van der Waals surface area contributed by atoms with Crippen LogP contribution in [0.15, 0.2) is 29.2 Å². The van der Waals surface area contributed by atoms with Gasteiger partial charge in [0.15, 0.2) is 0 Å². The van der Waals surface area contributed by atoms with Crippen molar-refractivity contribution in [1.29, 1.82) is 0 Å². The summed E-state index contributed by atoms with van der Waals surface area (Å²) in [6, 6.07) is 5.20. The number of rotatable bonds is 0. The molecule has 0 saturated heterocycles. The van der Waals surface area contributed by atoms with Gasteiger partial charge in [-0.1, -0.05) is 11.6 Å². The molecule has 0 atom stereocenters. The molecule has 0 aliphatic carbocycles. The van der Waals surface area contributed by atoms with Gasteiger partial charge in [0.05, 0.1) is 9.09 Å². The number of fused-ring (bicyclic) bond motifs is 1. The van der Waals surface area contributed by atoms with E-state index in [4.69, 9.17) is 11.6 Å². The Bertz CT molecular complexity index is 520. The van der Waals surface area contributed by atoms with Gasteiger partial charge in [-0.2, -0.15) is 0 Å². The van der Waals surface area contributed by atoms with Gasteiger partial charge in [-0.15, -0.1) is 0 Å². The van der Waals surface area contributed by atoms with Crippen molar-refractivity contribution < 1.29 is 0 Å². The van der Waals surface area contributed by atoms with Crippen molar-refractivity contribution in [3.63, 3.8) is 0 Å². The highest BCUT2D eigenvalue weighted by Gasteiger charge is 2.01. The van der Waals surface area contributed by atoms with Crippen molar-refractivity contribution in [2.24, 2.45) is 0 Å². The molecule has 1 N–H and O–H groups in total. The van der Waals surface area contributed by atoms with Crippen LogP contribution >= 0.6 is 34.2 Å². The first-order valence-electron chi connectivity index (χ1n) is 3.65. The zero-order valence-electron chi connectivity index (χ0n) is 6.47. The largest absolute Gasteiger partial charge is 0.360 e. The van der Waals surface area contributed by atoms with Crippen LogP contribution in [0.3, 0.4) is 0 Å². The van der Waals surface area contributed by atoms with Crippen molar-refractivity contribution in [3.05, 3.63) is 43.2 Å². The van der Waals surface area contributed by atoms with Gasteiger partial charge in [-0.05, 0) is 40.8 Å². The molecular weight excluding hydrogens is 300 g/mol. The molecule has 0 bridgehead atoms. The van der Waals surface area contributed by atoms with E-state index in [1.807, 2.05) is 22.6 Å². The molecule has 0 aliphatic heterocycles. The fraction of sp³-hybridized carbons (Fsp3) is 0. The number of halogens is 2. The Labute approximate surface area is 93.1 Å². The van der Waals surface area contributed by atoms with Gasteiger partial charge in [0.1, 0.15) is 0 Å². The van der Waals surface area contributed by atoms with E-state index < -0.39 is 0 Å². The van der Waals surface area contributed by atoms with Gasteiger partial charge in [0.2, 0.25) is 5.43 Å². The maximum Gasteiger partial charge on any atom is 0.202 e. The minimum atomic E-state index is 0.0472. The highest BCUT2D eigenvalue weighted by atomic mass is 127. The van der Waals surface area contributed by atoms with E-state index in [1.165, 1.54) is 0 Å². The summed E-state index contributed by atoms with van der Waals surface area (Å²) in [7, 11) is 0. The smallest absolute Gasteiger partial charge is 0.202 e. The van der Waals surface area contributed by atoms with Gasteiger partial charge in [0.25, 0.3) is 0 Å². The summed E-state index contributed by atoms with van der Waals surface area (Å²) in [5.74, 6) is 0. The summed E-state index contributed by atoms with van der Waals surface area (Å²) in [4.78, 5) is 14.6. The van der Waals surface area contributed by atoms with Gasteiger partial charge >= 0.3 is 0 Å². The second-order valence-electron chi connectivity index (χ2n) is 2.66. The van der Waals surface area contributed by atoms with Crippen molar-refractivity contribution in [1.82, 2.24) is 4.98 Å². The predicted octanol–water partition coefficient (Wildman–Crippen LogP) is 2.79. The average Bonchev–Trinajstić information content (AvgIpc) is 2.12. The van der Waals surface area contributed by atoms with E-state index in [0.717, 1.165) is 5.52 Å². The Morgan fingerprint density at radius 3 is 2.92 bits per heavy atom. The lowest BCUT2D eigenvalue weighted by Crippen LogP contribution is -2.05. The molecule has 0 radical (unpaired) electrons. The van der Waals surface area contributed by atoms with E-state index >= 15 is 0 Å². The Hall–Kier alpha value is -0.550. The van der Waals surface area contributed by atoms with Crippen molar-refractivity contribution in [2.75, 3.05) is 0 Å². The summed E-state index contributed by atoms with van der Waals surface area (Å²) < 4.78 is 0.687. The first kappa shape index (κ1) is 9.02. The fourth-order valence-electron chi connectivity index (χ4n) is 1.17.